The highest BCUT2D eigenvalue weighted by atomic mass is 32.1. The first-order valence-corrected chi connectivity index (χ1v) is 5.90. The molecule has 4 nitrogen and oxygen atoms in total. The molecule has 0 amide bonds. The summed E-state index contributed by atoms with van der Waals surface area (Å²) in [5.74, 6) is -0.299. The molecule has 17 heavy (non-hydrogen) atoms. The number of aromatic carboxylic acids is 1. The number of thiazole rings is 1. The molecule has 0 aliphatic heterocycles. The Morgan fingerprint density at radius 2 is 2.12 bits per heavy atom. The lowest BCUT2D eigenvalue weighted by Crippen LogP contribution is -1.98. The molecule has 0 saturated heterocycles. The number of carboxylic acid groups (broad SMARTS) is 1. The molecule has 2 rings (SSSR count). The average Bonchev–Trinajstić information content (AvgIpc) is 2.73. The van der Waals surface area contributed by atoms with Crippen molar-refractivity contribution >= 4 is 17.3 Å². The smallest absolute Gasteiger partial charge is 0.335 e. The van der Waals surface area contributed by atoms with Crippen LogP contribution >= 0.6 is 11.3 Å². The predicted molar refractivity (Wildman–Crippen MR) is 64.6 cm³/mol. The fourth-order valence-corrected chi connectivity index (χ4v) is 1.92. The van der Waals surface area contributed by atoms with Crippen molar-refractivity contribution in [3.63, 3.8) is 0 Å². The second-order valence-electron chi connectivity index (χ2n) is 3.48. The molecule has 0 atom stereocenters. The summed E-state index contributed by atoms with van der Waals surface area (Å²) in [5.41, 5.74) is 1.14. The number of nitrogens with zero attached hydrogens (tertiary/aromatic N) is 1. The van der Waals surface area contributed by atoms with E-state index in [1.165, 1.54) is 12.1 Å². The Morgan fingerprint density at radius 3 is 2.65 bits per heavy atom. The maximum absolute atomic E-state index is 10.6. The maximum Gasteiger partial charge on any atom is 0.335 e. The van der Waals surface area contributed by atoms with Crippen molar-refractivity contribution in [2.24, 2.45) is 0 Å². The monoisotopic (exact) mass is 249 g/mol. The Kier molecular flexibility index (Phi) is 3.39. The first-order chi connectivity index (χ1) is 8.15. The summed E-state index contributed by atoms with van der Waals surface area (Å²) < 4.78 is 5.49. The van der Waals surface area contributed by atoms with Gasteiger partial charge in [0.15, 0.2) is 0 Å². The standard InChI is InChI=1S/C12H11NO3S/c1-8-13-10(7-17-8)6-16-11-4-2-9(3-5-11)12(14)15/h2-5,7H,6H2,1H3,(H,14,15). The van der Waals surface area contributed by atoms with Gasteiger partial charge in [0, 0.05) is 5.38 Å². The van der Waals surface area contributed by atoms with Crippen LogP contribution in [-0.4, -0.2) is 16.1 Å². The molecule has 5 heteroatoms. The second kappa shape index (κ2) is 4.97. The van der Waals surface area contributed by atoms with Crippen molar-refractivity contribution in [2.75, 3.05) is 0 Å². The summed E-state index contributed by atoms with van der Waals surface area (Å²) in [5, 5.41) is 11.7. The van der Waals surface area contributed by atoms with E-state index in [0.29, 0.717) is 12.4 Å². The maximum atomic E-state index is 10.6. The van der Waals surface area contributed by atoms with Gasteiger partial charge < -0.3 is 9.84 Å². The van der Waals surface area contributed by atoms with E-state index in [2.05, 4.69) is 4.98 Å². The fraction of sp³-hybridized carbons (Fsp3) is 0.167. The quantitative estimate of drug-likeness (QED) is 0.905. The number of ether oxygens (including phenoxy) is 1. The van der Waals surface area contributed by atoms with Crippen molar-refractivity contribution in [2.45, 2.75) is 13.5 Å². The molecule has 0 saturated carbocycles. The van der Waals surface area contributed by atoms with E-state index in [-0.39, 0.29) is 5.56 Å². The Hall–Kier alpha value is -1.88. The zero-order valence-corrected chi connectivity index (χ0v) is 10.0. The molecule has 1 heterocycles. The number of carboxylic acids is 1. The highest BCUT2D eigenvalue weighted by Crippen LogP contribution is 2.15. The average molecular weight is 249 g/mol. The lowest BCUT2D eigenvalue weighted by atomic mass is 10.2. The number of aromatic nitrogens is 1. The van der Waals surface area contributed by atoms with Crippen LogP contribution in [0, 0.1) is 6.92 Å². The third-order valence-corrected chi connectivity index (χ3v) is 2.98. The third-order valence-electron chi connectivity index (χ3n) is 2.15. The summed E-state index contributed by atoms with van der Waals surface area (Å²) in [6.45, 7) is 2.34. The summed E-state index contributed by atoms with van der Waals surface area (Å²) in [6, 6.07) is 6.32. The van der Waals surface area contributed by atoms with Gasteiger partial charge in [0.05, 0.1) is 16.3 Å². The van der Waals surface area contributed by atoms with Gasteiger partial charge in [0.1, 0.15) is 12.4 Å². The molecule has 1 N–H and O–H groups in total. The minimum Gasteiger partial charge on any atom is -0.487 e. The number of benzene rings is 1. The summed E-state index contributed by atoms with van der Waals surface area (Å²) in [6.07, 6.45) is 0. The topological polar surface area (TPSA) is 59.4 Å². The summed E-state index contributed by atoms with van der Waals surface area (Å²) in [4.78, 5) is 14.9. The van der Waals surface area contributed by atoms with Gasteiger partial charge in [-0.25, -0.2) is 9.78 Å². The number of carbonyl (C=O) groups is 1. The van der Waals surface area contributed by atoms with Crippen molar-refractivity contribution in [3.8, 4) is 5.75 Å². The largest absolute Gasteiger partial charge is 0.487 e. The Labute approximate surface area is 103 Å². The van der Waals surface area contributed by atoms with Crippen LogP contribution in [0.1, 0.15) is 21.1 Å². The third kappa shape index (κ3) is 3.04. The van der Waals surface area contributed by atoms with Crippen LogP contribution < -0.4 is 4.74 Å². The minimum atomic E-state index is -0.938. The Bertz CT molecular complexity index is 519. The minimum absolute atomic E-state index is 0.252. The molecule has 0 aliphatic carbocycles. The van der Waals surface area contributed by atoms with Crippen molar-refractivity contribution < 1.29 is 14.6 Å². The van der Waals surface area contributed by atoms with Gasteiger partial charge in [0.25, 0.3) is 0 Å². The van der Waals surface area contributed by atoms with E-state index in [0.717, 1.165) is 10.7 Å². The number of hydrogen-bond acceptors (Lipinski definition) is 4. The Morgan fingerprint density at radius 1 is 1.41 bits per heavy atom. The van der Waals surface area contributed by atoms with Crippen LogP contribution in [-0.2, 0) is 6.61 Å². The first-order valence-electron chi connectivity index (χ1n) is 5.02. The molecule has 0 fully saturated rings. The first kappa shape index (κ1) is 11.6. The molecule has 0 aliphatic rings. The van der Waals surface area contributed by atoms with E-state index >= 15 is 0 Å². The van der Waals surface area contributed by atoms with Gasteiger partial charge in [-0.2, -0.15) is 0 Å². The predicted octanol–water partition coefficient (Wildman–Crippen LogP) is 2.73. The molecular formula is C12H11NO3S. The van der Waals surface area contributed by atoms with Crippen LogP contribution in [0.4, 0.5) is 0 Å². The van der Waals surface area contributed by atoms with Crippen LogP contribution in [0.15, 0.2) is 29.6 Å². The van der Waals surface area contributed by atoms with Crippen LogP contribution in [0.25, 0.3) is 0 Å². The van der Waals surface area contributed by atoms with Gasteiger partial charge >= 0.3 is 5.97 Å². The normalized spacial score (nSPS) is 10.2. The Balaban J connectivity index is 1.97. The highest BCUT2D eigenvalue weighted by molar-refractivity contribution is 7.09. The molecule has 2 aromatic rings. The zero-order valence-electron chi connectivity index (χ0n) is 9.21. The van der Waals surface area contributed by atoms with Crippen molar-refractivity contribution in [1.29, 1.82) is 0 Å². The lowest BCUT2D eigenvalue weighted by Gasteiger charge is -2.04. The molecular weight excluding hydrogens is 238 g/mol. The molecule has 0 unspecified atom stereocenters. The highest BCUT2D eigenvalue weighted by Gasteiger charge is 2.03. The van der Waals surface area contributed by atoms with Gasteiger partial charge in [-0.15, -0.1) is 11.3 Å². The molecule has 0 spiro atoms. The molecule has 88 valence electrons. The van der Waals surface area contributed by atoms with E-state index in [1.54, 1.807) is 23.5 Å². The van der Waals surface area contributed by atoms with Crippen LogP contribution in [0.5, 0.6) is 5.75 Å². The van der Waals surface area contributed by atoms with Gasteiger partial charge in [-0.3, -0.25) is 0 Å². The second-order valence-corrected chi connectivity index (χ2v) is 4.54. The molecule has 0 bridgehead atoms. The van der Waals surface area contributed by atoms with E-state index in [1.807, 2.05) is 12.3 Å². The molecule has 1 aromatic heterocycles. The molecule has 1 aromatic carbocycles. The van der Waals surface area contributed by atoms with E-state index in [9.17, 15) is 4.79 Å². The summed E-state index contributed by atoms with van der Waals surface area (Å²) in [7, 11) is 0. The number of aryl methyl sites for hydroxylation is 1. The lowest BCUT2D eigenvalue weighted by molar-refractivity contribution is 0.0697. The van der Waals surface area contributed by atoms with Gasteiger partial charge in [0.2, 0.25) is 0 Å². The van der Waals surface area contributed by atoms with Gasteiger partial charge in [-0.1, -0.05) is 0 Å². The van der Waals surface area contributed by atoms with E-state index in [4.69, 9.17) is 9.84 Å². The van der Waals surface area contributed by atoms with Gasteiger partial charge in [-0.05, 0) is 31.2 Å². The number of hydrogen-bond donors (Lipinski definition) is 1. The van der Waals surface area contributed by atoms with Crippen molar-refractivity contribution in [3.05, 3.63) is 45.9 Å². The van der Waals surface area contributed by atoms with Crippen molar-refractivity contribution in [1.82, 2.24) is 4.98 Å². The summed E-state index contributed by atoms with van der Waals surface area (Å²) >= 11 is 1.58. The van der Waals surface area contributed by atoms with Crippen LogP contribution in [0.3, 0.4) is 0 Å². The fourth-order valence-electron chi connectivity index (χ4n) is 1.33. The number of rotatable bonds is 4. The SMILES string of the molecule is Cc1nc(COc2ccc(C(=O)O)cc2)cs1. The van der Waals surface area contributed by atoms with Crippen LogP contribution in [0.2, 0.25) is 0 Å². The van der Waals surface area contributed by atoms with E-state index < -0.39 is 5.97 Å². The molecule has 0 radical (unpaired) electrons. The zero-order chi connectivity index (χ0) is 12.3.